The fraction of sp³-hybridized carbons (Fsp3) is 0.208. The number of amides is 2. The van der Waals surface area contributed by atoms with Crippen LogP contribution in [0.15, 0.2) is 48.8 Å². The Morgan fingerprint density at radius 3 is 1.69 bits per heavy atom. The summed E-state index contributed by atoms with van der Waals surface area (Å²) in [5.74, 6) is -0.603. The molecule has 1 aromatic heterocycles. The molecule has 0 unspecified atom stereocenters. The van der Waals surface area contributed by atoms with Gasteiger partial charge in [-0.1, -0.05) is 23.8 Å². The zero-order chi connectivity index (χ0) is 21.1. The summed E-state index contributed by atoms with van der Waals surface area (Å²) < 4.78 is 0. The average Bonchev–Trinajstić information content (AvgIpc) is 2.63. The third kappa shape index (κ3) is 4.88. The molecule has 0 radical (unpaired) electrons. The maximum absolute atomic E-state index is 12.7. The third-order valence-corrected chi connectivity index (χ3v) is 4.66. The highest BCUT2D eigenvalue weighted by molar-refractivity contribution is 6.08. The van der Waals surface area contributed by atoms with E-state index in [1.807, 2.05) is 65.0 Å². The highest BCUT2D eigenvalue weighted by atomic mass is 16.2. The van der Waals surface area contributed by atoms with Gasteiger partial charge in [0.15, 0.2) is 0 Å². The van der Waals surface area contributed by atoms with E-state index in [4.69, 9.17) is 0 Å². The minimum atomic E-state index is -0.306. The summed E-state index contributed by atoms with van der Waals surface area (Å²) in [6, 6.07) is 11.4. The number of carbonyl (C=O) groups is 2. The number of carbonyl (C=O) groups excluding carboxylic acids is 2. The normalized spacial score (nSPS) is 10.5. The lowest BCUT2D eigenvalue weighted by molar-refractivity contribution is 0.102. The van der Waals surface area contributed by atoms with Crippen molar-refractivity contribution < 1.29 is 9.59 Å². The fourth-order valence-corrected chi connectivity index (χ4v) is 3.50. The van der Waals surface area contributed by atoms with E-state index in [0.717, 1.165) is 33.5 Å². The highest BCUT2D eigenvalue weighted by Gasteiger charge is 2.14. The zero-order valence-electron chi connectivity index (χ0n) is 17.4. The molecule has 148 valence electrons. The minimum Gasteiger partial charge on any atom is -0.322 e. The monoisotopic (exact) mass is 387 g/mol. The molecule has 0 atom stereocenters. The Hall–Kier alpha value is -3.47. The van der Waals surface area contributed by atoms with Gasteiger partial charge in [-0.25, -0.2) is 0 Å². The van der Waals surface area contributed by atoms with Crippen LogP contribution in [0.2, 0.25) is 0 Å². The second kappa shape index (κ2) is 8.27. The minimum absolute atomic E-state index is 0.298. The van der Waals surface area contributed by atoms with Crippen LogP contribution in [0, 0.1) is 34.6 Å². The quantitative estimate of drug-likeness (QED) is 0.652. The number of anilines is 2. The highest BCUT2D eigenvalue weighted by Crippen LogP contribution is 2.23. The van der Waals surface area contributed by atoms with Crippen molar-refractivity contribution in [2.24, 2.45) is 0 Å². The lowest BCUT2D eigenvalue weighted by atomic mass is 10.0. The van der Waals surface area contributed by atoms with E-state index in [0.29, 0.717) is 16.8 Å². The molecule has 2 N–H and O–H groups in total. The number of aromatic nitrogens is 1. The summed E-state index contributed by atoms with van der Waals surface area (Å²) in [7, 11) is 0. The Bertz CT molecular complexity index is 1060. The second-order valence-electron chi connectivity index (χ2n) is 7.52. The van der Waals surface area contributed by atoms with E-state index >= 15 is 0 Å². The van der Waals surface area contributed by atoms with E-state index in [-0.39, 0.29) is 11.8 Å². The van der Waals surface area contributed by atoms with Crippen LogP contribution < -0.4 is 10.6 Å². The first kappa shape index (κ1) is 20.3. The molecule has 3 aromatic rings. The van der Waals surface area contributed by atoms with Gasteiger partial charge in [0.05, 0.1) is 11.1 Å². The van der Waals surface area contributed by atoms with Crippen molar-refractivity contribution >= 4 is 23.2 Å². The lowest BCUT2D eigenvalue weighted by Crippen LogP contribution is -2.17. The molecule has 0 aliphatic carbocycles. The van der Waals surface area contributed by atoms with Gasteiger partial charge in [-0.2, -0.15) is 0 Å². The number of pyridine rings is 1. The summed E-state index contributed by atoms with van der Waals surface area (Å²) >= 11 is 0. The molecule has 2 aromatic carbocycles. The molecule has 0 saturated heterocycles. The molecule has 5 nitrogen and oxygen atoms in total. The van der Waals surface area contributed by atoms with Crippen LogP contribution in [-0.4, -0.2) is 16.8 Å². The van der Waals surface area contributed by atoms with E-state index in [1.165, 1.54) is 12.4 Å². The maximum Gasteiger partial charge on any atom is 0.257 e. The van der Waals surface area contributed by atoms with Crippen molar-refractivity contribution in [3.8, 4) is 0 Å². The predicted octanol–water partition coefficient (Wildman–Crippen LogP) is 5.13. The third-order valence-electron chi connectivity index (χ3n) is 4.66. The smallest absolute Gasteiger partial charge is 0.257 e. The first-order valence-electron chi connectivity index (χ1n) is 9.47. The number of aryl methyl sites for hydroxylation is 5. The van der Waals surface area contributed by atoms with Gasteiger partial charge in [0.25, 0.3) is 11.8 Å². The van der Waals surface area contributed by atoms with Crippen LogP contribution in [0.25, 0.3) is 0 Å². The summed E-state index contributed by atoms with van der Waals surface area (Å²) in [5.41, 5.74) is 7.42. The van der Waals surface area contributed by atoms with E-state index in [1.54, 1.807) is 6.07 Å². The van der Waals surface area contributed by atoms with Gasteiger partial charge < -0.3 is 10.6 Å². The van der Waals surface area contributed by atoms with Crippen molar-refractivity contribution in [3.63, 3.8) is 0 Å². The number of hydrogen-bond donors (Lipinski definition) is 2. The number of nitrogens with zero attached hydrogens (tertiary/aromatic N) is 1. The summed E-state index contributed by atoms with van der Waals surface area (Å²) in [5, 5.41) is 5.81. The fourth-order valence-electron chi connectivity index (χ4n) is 3.50. The molecule has 0 spiro atoms. The average molecular weight is 387 g/mol. The molecular weight excluding hydrogens is 362 g/mol. The molecule has 1 heterocycles. The van der Waals surface area contributed by atoms with Gasteiger partial charge in [0.1, 0.15) is 0 Å². The second-order valence-corrected chi connectivity index (χ2v) is 7.52. The summed E-state index contributed by atoms with van der Waals surface area (Å²) in [4.78, 5) is 29.5. The number of rotatable bonds is 4. The van der Waals surface area contributed by atoms with Crippen molar-refractivity contribution in [1.82, 2.24) is 4.98 Å². The van der Waals surface area contributed by atoms with Crippen LogP contribution in [-0.2, 0) is 0 Å². The first-order chi connectivity index (χ1) is 13.7. The van der Waals surface area contributed by atoms with Crippen LogP contribution in [0.5, 0.6) is 0 Å². The van der Waals surface area contributed by atoms with Crippen LogP contribution in [0.1, 0.15) is 48.5 Å². The SMILES string of the molecule is Cc1cc(C)cc(NC(=O)c2cncc(C(=O)Nc3c(C)cc(C)cc3C)c2)c1. The summed E-state index contributed by atoms with van der Waals surface area (Å²) in [6.07, 6.45) is 2.92. The standard InChI is InChI=1S/C24H25N3O2/c1-14-6-15(2)10-21(9-14)26-23(28)19-11-20(13-25-12-19)24(29)27-22-17(4)7-16(3)8-18(22)5/h6-13H,1-5H3,(H,26,28)(H,27,29). The molecule has 0 fully saturated rings. The summed E-state index contributed by atoms with van der Waals surface area (Å²) in [6.45, 7) is 9.89. The van der Waals surface area contributed by atoms with Crippen LogP contribution in [0.3, 0.4) is 0 Å². The van der Waals surface area contributed by atoms with Gasteiger partial charge in [-0.3, -0.25) is 14.6 Å². The molecule has 5 heteroatoms. The van der Waals surface area contributed by atoms with Gasteiger partial charge in [-0.15, -0.1) is 0 Å². The van der Waals surface area contributed by atoms with E-state index in [9.17, 15) is 9.59 Å². The van der Waals surface area contributed by atoms with Crippen molar-refractivity contribution in [1.29, 1.82) is 0 Å². The van der Waals surface area contributed by atoms with Gasteiger partial charge in [-0.05, 0) is 75.1 Å². The lowest BCUT2D eigenvalue weighted by Gasteiger charge is -2.13. The van der Waals surface area contributed by atoms with Crippen LogP contribution in [0.4, 0.5) is 11.4 Å². The number of nitrogens with one attached hydrogen (secondary N) is 2. The van der Waals surface area contributed by atoms with Gasteiger partial charge >= 0.3 is 0 Å². The van der Waals surface area contributed by atoms with E-state index in [2.05, 4.69) is 15.6 Å². The molecule has 0 bridgehead atoms. The Kier molecular flexibility index (Phi) is 5.78. The molecule has 0 saturated carbocycles. The molecule has 3 rings (SSSR count). The Labute approximate surface area is 171 Å². The number of benzene rings is 2. The van der Waals surface area contributed by atoms with E-state index < -0.39 is 0 Å². The topological polar surface area (TPSA) is 71.1 Å². The first-order valence-corrected chi connectivity index (χ1v) is 9.47. The zero-order valence-corrected chi connectivity index (χ0v) is 17.4. The molecule has 0 aliphatic heterocycles. The Morgan fingerprint density at radius 2 is 1.14 bits per heavy atom. The van der Waals surface area contributed by atoms with Crippen molar-refractivity contribution in [2.45, 2.75) is 34.6 Å². The largest absolute Gasteiger partial charge is 0.322 e. The predicted molar refractivity (Wildman–Crippen MR) is 117 cm³/mol. The molecule has 0 aliphatic rings. The molecule has 2 amide bonds. The number of hydrogen-bond acceptors (Lipinski definition) is 3. The van der Waals surface area contributed by atoms with Gasteiger partial charge in [0.2, 0.25) is 0 Å². The molecule has 29 heavy (non-hydrogen) atoms. The maximum atomic E-state index is 12.7. The molecular formula is C24H25N3O2. The van der Waals surface area contributed by atoms with Crippen molar-refractivity contribution in [2.75, 3.05) is 10.6 Å². The van der Waals surface area contributed by atoms with Crippen LogP contribution >= 0.6 is 0 Å². The van der Waals surface area contributed by atoms with Gasteiger partial charge in [0, 0.05) is 23.8 Å². The van der Waals surface area contributed by atoms with Crippen molar-refractivity contribution in [3.05, 3.63) is 87.7 Å². The Morgan fingerprint density at radius 1 is 0.655 bits per heavy atom. The Balaban J connectivity index is 1.80.